The standard InChI is InChI=1S/C11H13ClN2S/c1-11(8-12)7-10(14-15-11)6-9-4-2-3-5-13-9/h2-5H,6-8H2,1H3. The highest BCUT2D eigenvalue weighted by Crippen LogP contribution is 2.37. The van der Waals surface area contributed by atoms with E-state index in [2.05, 4.69) is 16.3 Å². The van der Waals surface area contributed by atoms with Crippen LogP contribution in [0.1, 0.15) is 19.0 Å². The smallest absolute Gasteiger partial charge is 0.0537 e. The fourth-order valence-electron chi connectivity index (χ4n) is 1.55. The lowest BCUT2D eigenvalue weighted by Gasteiger charge is -2.16. The van der Waals surface area contributed by atoms with Crippen LogP contribution in [-0.4, -0.2) is 21.3 Å². The number of hydrogen-bond donors (Lipinski definition) is 0. The van der Waals surface area contributed by atoms with E-state index >= 15 is 0 Å². The Morgan fingerprint density at radius 2 is 2.40 bits per heavy atom. The third kappa shape index (κ3) is 2.73. The quantitative estimate of drug-likeness (QED) is 0.599. The second kappa shape index (κ2) is 4.54. The van der Waals surface area contributed by atoms with Gasteiger partial charge >= 0.3 is 0 Å². The SMILES string of the molecule is CC1(CCl)CC(Cc2ccccn2)=NS1. The van der Waals surface area contributed by atoms with Crippen LogP contribution in [0.3, 0.4) is 0 Å². The zero-order chi connectivity index (χ0) is 10.7. The van der Waals surface area contributed by atoms with E-state index in [4.69, 9.17) is 11.6 Å². The second-order valence-electron chi connectivity index (χ2n) is 4.01. The summed E-state index contributed by atoms with van der Waals surface area (Å²) in [5, 5.41) is 0. The van der Waals surface area contributed by atoms with Crippen LogP contribution in [0.5, 0.6) is 0 Å². The molecule has 0 aromatic carbocycles. The number of alkyl halides is 1. The van der Waals surface area contributed by atoms with Crippen molar-refractivity contribution in [2.24, 2.45) is 4.40 Å². The van der Waals surface area contributed by atoms with Crippen LogP contribution in [0.4, 0.5) is 0 Å². The lowest BCUT2D eigenvalue weighted by Crippen LogP contribution is -2.21. The van der Waals surface area contributed by atoms with Crippen molar-refractivity contribution in [3.63, 3.8) is 0 Å². The van der Waals surface area contributed by atoms with Crippen LogP contribution >= 0.6 is 23.5 Å². The lowest BCUT2D eigenvalue weighted by molar-refractivity contribution is 0.763. The van der Waals surface area contributed by atoms with Crippen LogP contribution in [0, 0.1) is 0 Å². The van der Waals surface area contributed by atoms with Crippen LogP contribution in [-0.2, 0) is 6.42 Å². The van der Waals surface area contributed by atoms with Crippen molar-refractivity contribution in [2.75, 3.05) is 5.88 Å². The van der Waals surface area contributed by atoms with Crippen molar-refractivity contribution < 1.29 is 0 Å². The van der Waals surface area contributed by atoms with E-state index in [1.807, 2.05) is 24.4 Å². The molecule has 1 aromatic heterocycles. The molecule has 0 amide bonds. The van der Waals surface area contributed by atoms with Gasteiger partial charge in [-0.25, -0.2) is 4.40 Å². The van der Waals surface area contributed by atoms with Crippen molar-refractivity contribution in [1.29, 1.82) is 0 Å². The lowest BCUT2D eigenvalue weighted by atomic mass is 10.0. The van der Waals surface area contributed by atoms with Gasteiger partial charge in [-0.15, -0.1) is 11.6 Å². The largest absolute Gasteiger partial charge is 0.261 e. The number of pyridine rings is 1. The van der Waals surface area contributed by atoms with Crippen molar-refractivity contribution >= 4 is 29.3 Å². The Bertz CT molecular complexity index is 366. The van der Waals surface area contributed by atoms with Crippen molar-refractivity contribution in [3.8, 4) is 0 Å². The normalized spacial score (nSPS) is 25.3. The number of nitrogens with zero attached hydrogens (tertiary/aromatic N) is 2. The Balaban J connectivity index is 1.99. The van der Waals surface area contributed by atoms with Gasteiger partial charge in [0.15, 0.2) is 0 Å². The third-order valence-electron chi connectivity index (χ3n) is 2.37. The second-order valence-corrected chi connectivity index (χ2v) is 5.62. The van der Waals surface area contributed by atoms with Crippen LogP contribution < -0.4 is 0 Å². The zero-order valence-corrected chi connectivity index (χ0v) is 10.2. The molecule has 0 bridgehead atoms. The molecule has 0 saturated heterocycles. The molecule has 1 aliphatic heterocycles. The molecule has 1 unspecified atom stereocenters. The van der Waals surface area contributed by atoms with Gasteiger partial charge in [0, 0.05) is 36.3 Å². The van der Waals surface area contributed by atoms with Crippen molar-refractivity contribution in [2.45, 2.75) is 24.5 Å². The highest BCUT2D eigenvalue weighted by atomic mass is 35.5. The molecule has 80 valence electrons. The molecule has 0 aliphatic carbocycles. The third-order valence-corrected chi connectivity index (χ3v) is 4.19. The maximum absolute atomic E-state index is 5.91. The van der Waals surface area contributed by atoms with Gasteiger partial charge in [0.05, 0.1) is 4.75 Å². The highest BCUT2D eigenvalue weighted by molar-refractivity contribution is 8.00. The van der Waals surface area contributed by atoms with Gasteiger partial charge in [0.1, 0.15) is 0 Å². The van der Waals surface area contributed by atoms with Gasteiger partial charge < -0.3 is 0 Å². The maximum atomic E-state index is 5.91. The molecule has 1 aromatic rings. The first kappa shape index (κ1) is 11.0. The minimum atomic E-state index is 0.0890. The van der Waals surface area contributed by atoms with Gasteiger partial charge in [-0.2, -0.15) is 0 Å². The molecule has 0 N–H and O–H groups in total. The monoisotopic (exact) mass is 240 g/mol. The number of rotatable bonds is 3. The van der Waals surface area contributed by atoms with Crippen LogP contribution in [0.2, 0.25) is 0 Å². The van der Waals surface area contributed by atoms with Crippen LogP contribution in [0.25, 0.3) is 0 Å². The molecule has 15 heavy (non-hydrogen) atoms. The van der Waals surface area contributed by atoms with Crippen LogP contribution in [0.15, 0.2) is 28.8 Å². The molecular formula is C11H13ClN2S. The minimum Gasteiger partial charge on any atom is -0.261 e. The van der Waals surface area contributed by atoms with E-state index in [9.17, 15) is 0 Å². The first-order valence-electron chi connectivity index (χ1n) is 4.92. The summed E-state index contributed by atoms with van der Waals surface area (Å²) in [7, 11) is 0. The number of halogens is 1. The molecule has 4 heteroatoms. The molecule has 0 saturated carbocycles. The van der Waals surface area contributed by atoms with E-state index in [1.54, 1.807) is 11.9 Å². The van der Waals surface area contributed by atoms with E-state index in [0.29, 0.717) is 5.88 Å². The Kier molecular flexibility index (Phi) is 3.32. The van der Waals surface area contributed by atoms with E-state index in [1.165, 1.54) is 5.71 Å². The summed E-state index contributed by atoms with van der Waals surface area (Å²) < 4.78 is 4.55. The van der Waals surface area contributed by atoms with Gasteiger partial charge in [-0.1, -0.05) is 6.07 Å². The Morgan fingerprint density at radius 3 is 3.00 bits per heavy atom. The predicted molar refractivity (Wildman–Crippen MR) is 66.7 cm³/mol. The van der Waals surface area contributed by atoms with Gasteiger partial charge in [-0.05, 0) is 31.0 Å². The highest BCUT2D eigenvalue weighted by Gasteiger charge is 2.31. The average molecular weight is 241 g/mol. The molecule has 2 nitrogen and oxygen atoms in total. The molecule has 0 spiro atoms. The number of hydrogen-bond acceptors (Lipinski definition) is 3. The molecule has 0 fully saturated rings. The van der Waals surface area contributed by atoms with Gasteiger partial charge in [0.2, 0.25) is 0 Å². The first-order valence-corrected chi connectivity index (χ1v) is 6.22. The Hall–Kier alpha value is -0.540. The Labute approximate surface area is 99.3 Å². The summed E-state index contributed by atoms with van der Waals surface area (Å²) in [5.74, 6) is 0.646. The van der Waals surface area contributed by atoms with Gasteiger partial charge in [-0.3, -0.25) is 4.98 Å². The van der Waals surface area contributed by atoms with Gasteiger partial charge in [0.25, 0.3) is 0 Å². The summed E-state index contributed by atoms with van der Waals surface area (Å²) in [6.07, 6.45) is 3.64. The minimum absolute atomic E-state index is 0.0890. The molecule has 1 aliphatic rings. The van der Waals surface area contributed by atoms with E-state index < -0.39 is 0 Å². The van der Waals surface area contributed by atoms with Crippen molar-refractivity contribution in [1.82, 2.24) is 4.98 Å². The summed E-state index contributed by atoms with van der Waals surface area (Å²) in [5.41, 5.74) is 2.28. The number of aromatic nitrogens is 1. The fourth-order valence-corrected chi connectivity index (χ4v) is 2.55. The molecule has 1 atom stereocenters. The first-order chi connectivity index (χ1) is 7.22. The summed E-state index contributed by atoms with van der Waals surface area (Å²) >= 11 is 7.51. The summed E-state index contributed by atoms with van der Waals surface area (Å²) in [6, 6.07) is 5.97. The summed E-state index contributed by atoms with van der Waals surface area (Å²) in [6.45, 7) is 2.15. The van der Waals surface area contributed by atoms with E-state index in [-0.39, 0.29) is 4.75 Å². The Morgan fingerprint density at radius 1 is 1.53 bits per heavy atom. The molecular weight excluding hydrogens is 228 g/mol. The maximum Gasteiger partial charge on any atom is 0.0537 e. The van der Waals surface area contributed by atoms with Crippen molar-refractivity contribution in [3.05, 3.63) is 30.1 Å². The topological polar surface area (TPSA) is 25.2 Å². The predicted octanol–water partition coefficient (Wildman–Crippen LogP) is 3.11. The van der Waals surface area contributed by atoms with E-state index in [0.717, 1.165) is 18.5 Å². The summed E-state index contributed by atoms with van der Waals surface area (Å²) in [4.78, 5) is 4.29. The average Bonchev–Trinajstić information content (AvgIpc) is 2.63. The fraction of sp³-hybridized carbons (Fsp3) is 0.455. The molecule has 2 rings (SSSR count). The zero-order valence-electron chi connectivity index (χ0n) is 8.61. The molecule has 2 heterocycles. The molecule has 0 radical (unpaired) electrons.